The molecule has 5 heteroatoms. The van der Waals surface area contributed by atoms with Crippen molar-refractivity contribution >= 4 is 29.3 Å². The molecule has 1 heterocycles. The van der Waals surface area contributed by atoms with Crippen LogP contribution in [-0.4, -0.2) is 35.5 Å². The van der Waals surface area contributed by atoms with Gasteiger partial charge in [-0.05, 0) is 24.1 Å². The Kier molecular flexibility index (Phi) is 5.76. The third kappa shape index (κ3) is 4.87. The molecular formula is C14H19NO3S. The highest BCUT2D eigenvalue weighted by atomic mass is 32.1. The molecule has 4 nitrogen and oxygen atoms in total. The lowest BCUT2D eigenvalue weighted by atomic mass is 10.1. The van der Waals surface area contributed by atoms with E-state index in [1.807, 2.05) is 0 Å². The number of thiophene rings is 1. The Morgan fingerprint density at radius 2 is 2.16 bits per heavy atom. The van der Waals surface area contributed by atoms with Crippen molar-refractivity contribution in [1.29, 1.82) is 0 Å². The van der Waals surface area contributed by atoms with Gasteiger partial charge in [-0.1, -0.05) is 20.3 Å². The van der Waals surface area contributed by atoms with E-state index in [0.717, 1.165) is 23.9 Å². The van der Waals surface area contributed by atoms with Crippen LogP contribution in [-0.2, 0) is 4.79 Å². The van der Waals surface area contributed by atoms with Crippen LogP contribution in [0.5, 0.6) is 0 Å². The first-order chi connectivity index (χ1) is 8.93. The molecule has 0 aromatic carbocycles. The summed E-state index contributed by atoms with van der Waals surface area (Å²) in [5.41, 5.74) is 0. The Bertz CT molecular complexity index is 479. The van der Waals surface area contributed by atoms with Crippen LogP contribution in [0.2, 0.25) is 0 Å². The maximum atomic E-state index is 12.1. The molecule has 0 aliphatic rings. The summed E-state index contributed by atoms with van der Waals surface area (Å²) in [6.45, 7) is 4.94. The molecule has 1 N–H and O–H groups in total. The largest absolute Gasteiger partial charge is 0.478 e. The van der Waals surface area contributed by atoms with Gasteiger partial charge in [0.05, 0.1) is 4.88 Å². The summed E-state index contributed by atoms with van der Waals surface area (Å²) >= 11 is 1.30. The fourth-order valence-electron chi connectivity index (χ4n) is 1.58. The molecule has 104 valence electrons. The second-order valence-corrected chi connectivity index (χ2v) is 5.69. The zero-order valence-electron chi connectivity index (χ0n) is 11.4. The van der Waals surface area contributed by atoms with Gasteiger partial charge in [-0.3, -0.25) is 4.79 Å². The highest BCUT2D eigenvalue weighted by Gasteiger charge is 2.15. The fourth-order valence-corrected chi connectivity index (χ4v) is 2.48. The van der Waals surface area contributed by atoms with Gasteiger partial charge in [0.15, 0.2) is 0 Å². The van der Waals surface area contributed by atoms with E-state index in [9.17, 15) is 9.59 Å². The van der Waals surface area contributed by atoms with Gasteiger partial charge in [0.25, 0.3) is 5.91 Å². The van der Waals surface area contributed by atoms with Crippen LogP contribution >= 0.6 is 11.3 Å². The van der Waals surface area contributed by atoms with E-state index in [1.165, 1.54) is 17.4 Å². The molecule has 0 bridgehead atoms. The fraction of sp³-hybridized carbons (Fsp3) is 0.429. The number of carboxylic acids is 1. The first-order valence-electron chi connectivity index (χ1n) is 6.20. The summed E-state index contributed by atoms with van der Waals surface area (Å²) < 4.78 is 0. The van der Waals surface area contributed by atoms with Gasteiger partial charge in [0.2, 0.25) is 0 Å². The van der Waals surface area contributed by atoms with Crippen molar-refractivity contribution in [3.05, 3.63) is 28.0 Å². The number of rotatable bonds is 6. The predicted molar refractivity (Wildman–Crippen MR) is 77.4 cm³/mol. The predicted octanol–water partition coefficient (Wildman–Crippen LogP) is 2.96. The third-order valence-corrected chi connectivity index (χ3v) is 3.90. The van der Waals surface area contributed by atoms with Crippen molar-refractivity contribution in [2.24, 2.45) is 5.92 Å². The summed E-state index contributed by atoms with van der Waals surface area (Å²) in [5, 5.41) is 8.55. The first kappa shape index (κ1) is 15.4. The van der Waals surface area contributed by atoms with Gasteiger partial charge in [0.1, 0.15) is 0 Å². The Morgan fingerprint density at radius 3 is 2.74 bits per heavy atom. The lowest BCUT2D eigenvalue weighted by Crippen LogP contribution is -2.30. The van der Waals surface area contributed by atoms with E-state index in [0.29, 0.717) is 10.8 Å². The molecule has 0 radical (unpaired) electrons. The molecule has 1 aromatic heterocycles. The smallest absolute Gasteiger partial charge is 0.328 e. The van der Waals surface area contributed by atoms with Crippen LogP contribution < -0.4 is 0 Å². The summed E-state index contributed by atoms with van der Waals surface area (Å²) in [6.07, 6.45) is 3.61. The van der Waals surface area contributed by atoms with Crippen molar-refractivity contribution in [1.82, 2.24) is 4.90 Å². The molecule has 1 atom stereocenters. The van der Waals surface area contributed by atoms with Crippen LogP contribution in [0.1, 0.15) is 34.8 Å². The van der Waals surface area contributed by atoms with E-state index in [1.54, 1.807) is 24.1 Å². The van der Waals surface area contributed by atoms with E-state index in [-0.39, 0.29) is 5.91 Å². The molecular weight excluding hydrogens is 262 g/mol. The maximum absolute atomic E-state index is 12.1. The highest BCUT2D eigenvalue weighted by molar-refractivity contribution is 7.14. The van der Waals surface area contributed by atoms with Crippen LogP contribution in [0.25, 0.3) is 6.08 Å². The van der Waals surface area contributed by atoms with Crippen molar-refractivity contribution in [2.75, 3.05) is 13.6 Å². The average Bonchev–Trinajstić information content (AvgIpc) is 2.83. The molecule has 0 saturated heterocycles. The summed E-state index contributed by atoms with van der Waals surface area (Å²) in [7, 11) is 1.79. The number of carboxylic acid groups (broad SMARTS) is 1. The Balaban J connectivity index is 2.70. The third-order valence-electron chi connectivity index (χ3n) is 2.86. The van der Waals surface area contributed by atoms with Gasteiger partial charge in [-0.2, -0.15) is 0 Å². The lowest BCUT2D eigenvalue weighted by molar-refractivity contribution is -0.131. The van der Waals surface area contributed by atoms with E-state index in [4.69, 9.17) is 5.11 Å². The van der Waals surface area contributed by atoms with Crippen molar-refractivity contribution in [3.8, 4) is 0 Å². The standard InChI is InChI=1S/C14H19NO3S/c1-4-10(2)9-15(3)14(18)12-7-5-11(19-12)6-8-13(16)17/h5-8,10H,4,9H2,1-3H3,(H,16,17)/b8-6+. The first-order valence-corrected chi connectivity index (χ1v) is 7.02. The molecule has 19 heavy (non-hydrogen) atoms. The quantitative estimate of drug-likeness (QED) is 0.816. The molecule has 0 fully saturated rings. The molecule has 0 aliphatic carbocycles. The monoisotopic (exact) mass is 281 g/mol. The van der Waals surface area contributed by atoms with Gasteiger partial charge < -0.3 is 10.0 Å². The lowest BCUT2D eigenvalue weighted by Gasteiger charge is -2.19. The van der Waals surface area contributed by atoms with E-state index < -0.39 is 5.97 Å². The molecule has 1 amide bonds. The number of aliphatic carboxylic acids is 1. The second-order valence-electron chi connectivity index (χ2n) is 4.57. The second kappa shape index (κ2) is 7.09. The number of amides is 1. The minimum atomic E-state index is -0.991. The van der Waals surface area contributed by atoms with Gasteiger partial charge in [-0.25, -0.2) is 4.79 Å². The highest BCUT2D eigenvalue weighted by Crippen LogP contribution is 2.20. The molecule has 1 aromatic rings. The summed E-state index contributed by atoms with van der Waals surface area (Å²) in [4.78, 5) is 25.7. The Hall–Kier alpha value is -1.62. The molecule has 0 spiro atoms. The van der Waals surface area contributed by atoms with Gasteiger partial charge in [0, 0.05) is 24.5 Å². The number of carbonyl (C=O) groups excluding carboxylic acids is 1. The number of hydrogen-bond acceptors (Lipinski definition) is 3. The number of nitrogens with zero attached hydrogens (tertiary/aromatic N) is 1. The SMILES string of the molecule is CCC(C)CN(C)C(=O)c1ccc(/C=C/C(=O)O)s1. The zero-order valence-corrected chi connectivity index (χ0v) is 12.2. The van der Waals surface area contributed by atoms with Crippen LogP contribution in [0.3, 0.4) is 0 Å². The Labute approximate surface area is 117 Å². The Morgan fingerprint density at radius 1 is 1.47 bits per heavy atom. The topological polar surface area (TPSA) is 57.6 Å². The molecule has 1 rings (SSSR count). The van der Waals surface area contributed by atoms with E-state index in [2.05, 4.69) is 13.8 Å². The minimum Gasteiger partial charge on any atom is -0.478 e. The van der Waals surface area contributed by atoms with Crippen LogP contribution in [0.4, 0.5) is 0 Å². The summed E-state index contributed by atoms with van der Waals surface area (Å²) in [6, 6.07) is 3.50. The van der Waals surface area contributed by atoms with Crippen molar-refractivity contribution in [3.63, 3.8) is 0 Å². The molecule has 0 aliphatic heterocycles. The molecule has 0 saturated carbocycles. The minimum absolute atomic E-state index is 0.0136. The van der Waals surface area contributed by atoms with Gasteiger partial charge in [-0.15, -0.1) is 11.3 Å². The summed E-state index contributed by atoms with van der Waals surface area (Å²) in [5.74, 6) is -0.532. The van der Waals surface area contributed by atoms with Gasteiger partial charge >= 0.3 is 5.97 Å². The van der Waals surface area contributed by atoms with Crippen LogP contribution in [0.15, 0.2) is 18.2 Å². The van der Waals surface area contributed by atoms with Crippen molar-refractivity contribution < 1.29 is 14.7 Å². The van der Waals surface area contributed by atoms with Crippen molar-refractivity contribution in [2.45, 2.75) is 20.3 Å². The number of hydrogen-bond donors (Lipinski definition) is 1. The van der Waals surface area contributed by atoms with E-state index >= 15 is 0 Å². The zero-order chi connectivity index (χ0) is 14.4. The molecule has 1 unspecified atom stereocenters. The maximum Gasteiger partial charge on any atom is 0.328 e. The normalized spacial score (nSPS) is 12.6. The van der Waals surface area contributed by atoms with Crippen LogP contribution in [0, 0.1) is 5.92 Å². The number of carbonyl (C=O) groups is 2. The average molecular weight is 281 g/mol.